The van der Waals surface area contributed by atoms with Crippen molar-refractivity contribution in [2.24, 2.45) is 0 Å². The van der Waals surface area contributed by atoms with E-state index in [1.165, 1.54) is 20.3 Å². The summed E-state index contributed by atoms with van der Waals surface area (Å²) in [6.45, 7) is 2.88. The number of aromatic nitrogens is 4. The van der Waals surface area contributed by atoms with Crippen molar-refractivity contribution in [3.05, 3.63) is 41.2 Å². The minimum atomic E-state index is -0.633. The van der Waals surface area contributed by atoms with Crippen molar-refractivity contribution in [3.63, 3.8) is 0 Å². The molecule has 0 unspecified atom stereocenters. The van der Waals surface area contributed by atoms with E-state index in [9.17, 15) is 9.59 Å². The molecule has 0 aliphatic rings. The molecule has 10 heteroatoms. The standard InChI is InChI=1S/C20H23N5O5/c1-4-5-8-30-20-23-16(21)15-17(24-20)25(11-22-15)10-12-6-7-13(18(26)28-2)14(9-12)19(27)29-3/h6-7,9,11H,4-5,8,10H2,1-3H3,(H2,21,23,24). The first-order valence-electron chi connectivity index (χ1n) is 9.39. The summed E-state index contributed by atoms with van der Waals surface area (Å²) in [5, 5.41) is 0. The minimum absolute atomic E-state index is 0.115. The van der Waals surface area contributed by atoms with Crippen LogP contribution in [0.4, 0.5) is 5.82 Å². The number of ether oxygens (including phenoxy) is 3. The van der Waals surface area contributed by atoms with Gasteiger partial charge < -0.3 is 24.5 Å². The summed E-state index contributed by atoms with van der Waals surface area (Å²) < 4.78 is 16.9. The monoisotopic (exact) mass is 413 g/mol. The van der Waals surface area contributed by atoms with Crippen molar-refractivity contribution in [1.82, 2.24) is 19.5 Å². The molecule has 0 radical (unpaired) electrons. The van der Waals surface area contributed by atoms with E-state index < -0.39 is 11.9 Å². The SMILES string of the molecule is CCCCOc1nc(N)c2ncn(Cc3ccc(C(=O)OC)c(C(=O)OC)c3)c2n1. The third kappa shape index (κ3) is 4.32. The van der Waals surface area contributed by atoms with Crippen molar-refractivity contribution in [2.75, 3.05) is 26.6 Å². The van der Waals surface area contributed by atoms with Crippen LogP contribution in [0.2, 0.25) is 0 Å². The van der Waals surface area contributed by atoms with E-state index in [2.05, 4.69) is 21.9 Å². The van der Waals surface area contributed by atoms with Crippen LogP contribution in [0.1, 0.15) is 46.0 Å². The summed E-state index contributed by atoms with van der Waals surface area (Å²) in [5.41, 5.74) is 7.93. The predicted molar refractivity (Wildman–Crippen MR) is 108 cm³/mol. The summed E-state index contributed by atoms with van der Waals surface area (Å²) in [6.07, 6.45) is 3.45. The Kier molecular flexibility index (Phi) is 6.45. The Morgan fingerprint density at radius 1 is 1.10 bits per heavy atom. The lowest BCUT2D eigenvalue weighted by molar-refractivity contribution is 0.0555. The van der Waals surface area contributed by atoms with Gasteiger partial charge in [-0.05, 0) is 24.1 Å². The van der Waals surface area contributed by atoms with Gasteiger partial charge in [0.1, 0.15) is 0 Å². The lowest BCUT2D eigenvalue weighted by atomic mass is 10.0. The molecule has 3 rings (SSSR count). The van der Waals surface area contributed by atoms with Crippen LogP contribution in [0.15, 0.2) is 24.5 Å². The highest BCUT2D eigenvalue weighted by atomic mass is 16.5. The number of nitrogens with two attached hydrogens (primary N) is 1. The van der Waals surface area contributed by atoms with Gasteiger partial charge in [0.25, 0.3) is 0 Å². The fourth-order valence-electron chi connectivity index (χ4n) is 2.89. The van der Waals surface area contributed by atoms with Gasteiger partial charge in [-0.1, -0.05) is 19.4 Å². The average molecular weight is 413 g/mol. The van der Waals surface area contributed by atoms with Crippen molar-refractivity contribution in [3.8, 4) is 6.01 Å². The second-order valence-corrected chi connectivity index (χ2v) is 6.50. The number of hydrogen-bond donors (Lipinski definition) is 1. The maximum absolute atomic E-state index is 12.1. The largest absolute Gasteiger partial charge is 0.465 e. The van der Waals surface area contributed by atoms with Gasteiger partial charge in [0.15, 0.2) is 17.0 Å². The topological polar surface area (TPSA) is 131 Å². The Morgan fingerprint density at radius 3 is 2.53 bits per heavy atom. The first-order chi connectivity index (χ1) is 14.5. The zero-order chi connectivity index (χ0) is 21.7. The molecular formula is C20H23N5O5. The molecule has 0 bridgehead atoms. The van der Waals surface area contributed by atoms with Crippen LogP contribution in [-0.4, -0.2) is 52.3 Å². The van der Waals surface area contributed by atoms with Crippen LogP contribution in [-0.2, 0) is 16.0 Å². The lowest BCUT2D eigenvalue weighted by Gasteiger charge is -2.10. The maximum Gasteiger partial charge on any atom is 0.338 e. The molecule has 10 nitrogen and oxygen atoms in total. The molecule has 0 amide bonds. The molecule has 0 saturated carbocycles. The molecule has 3 aromatic rings. The van der Waals surface area contributed by atoms with Gasteiger partial charge in [0.2, 0.25) is 0 Å². The zero-order valence-electron chi connectivity index (χ0n) is 17.0. The fraction of sp³-hybridized carbons (Fsp3) is 0.350. The third-order valence-corrected chi connectivity index (χ3v) is 4.45. The van der Waals surface area contributed by atoms with Crippen LogP contribution < -0.4 is 10.5 Å². The Balaban J connectivity index is 1.95. The molecule has 0 saturated heterocycles. The lowest BCUT2D eigenvalue weighted by Crippen LogP contribution is -2.13. The van der Waals surface area contributed by atoms with Crippen molar-refractivity contribution in [1.29, 1.82) is 0 Å². The van der Waals surface area contributed by atoms with Crippen LogP contribution in [0.3, 0.4) is 0 Å². The number of methoxy groups -OCH3 is 2. The molecule has 2 aromatic heterocycles. The van der Waals surface area contributed by atoms with Gasteiger partial charge in [0, 0.05) is 0 Å². The van der Waals surface area contributed by atoms with E-state index in [0.29, 0.717) is 24.3 Å². The number of hydrogen-bond acceptors (Lipinski definition) is 9. The molecule has 158 valence electrons. The van der Waals surface area contributed by atoms with E-state index in [0.717, 1.165) is 18.4 Å². The number of imidazole rings is 1. The molecule has 2 N–H and O–H groups in total. The Hall–Kier alpha value is -3.69. The Labute approximate surface area is 173 Å². The molecular weight excluding hydrogens is 390 g/mol. The second kappa shape index (κ2) is 9.21. The second-order valence-electron chi connectivity index (χ2n) is 6.50. The van der Waals surface area contributed by atoms with Crippen LogP contribution in [0, 0.1) is 0 Å². The first-order valence-corrected chi connectivity index (χ1v) is 9.39. The van der Waals surface area contributed by atoms with Crippen LogP contribution in [0.5, 0.6) is 6.01 Å². The molecule has 0 spiro atoms. The number of nitrogens with zero attached hydrogens (tertiary/aromatic N) is 4. The highest BCUT2D eigenvalue weighted by Crippen LogP contribution is 2.22. The normalized spacial score (nSPS) is 10.8. The van der Waals surface area contributed by atoms with Crippen molar-refractivity contribution < 1.29 is 23.8 Å². The number of anilines is 1. The van der Waals surface area contributed by atoms with Crippen LogP contribution in [0.25, 0.3) is 11.2 Å². The van der Waals surface area contributed by atoms with Crippen LogP contribution >= 0.6 is 0 Å². The zero-order valence-corrected chi connectivity index (χ0v) is 17.0. The molecule has 0 atom stereocenters. The molecule has 0 aliphatic carbocycles. The van der Waals surface area contributed by atoms with E-state index in [1.54, 1.807) is 23.0 Å². The summed E-state index contributed by atoms with van der Waals surface area (Å²) in [6, 6.07) is 5.00. The third-order valence-electron chi connectivity index (χ3n) is 4.45. The number of rotatable bonds is 8. The smallest absolute Gasteiger partial charge is 0.338 e. The first kappa shape index (κ1) is 21.0. The summed E-state index contributed by atoms with van der Waals surface area (Å²) >= 11 is 0. The quantitative estimate of drug-likeness (QED) is 0.436. The van der Waals surface area contributed by atoms with Gasteiger partial charge in [-0.25, -0.2) is 14.6 Å². The fourth-order valence-corrected chi connectivity index (χ4v) is 2.89. The summed E-state index contributed by atoms with van der Waals surface area (Å²) in [5.74, 6) is -1.03. The molecule has 1 aromatic carbocycles. The van der Waals surface area contributed by atoms with Gasteiger partial charge in [-0.3, -0.25) is 0 Å². The van der Waals surface area contributed by atoms with Gasteiger partial charge >= 0.3 is 17.9 Å². The summed E-state index contributed by atoms with van der Waals surface area (Å²) in [7, 11) is 2.50. The van der Waals surface area contributed by atoms with Crippen molar-refractivity contribution >= 4 is 28.9 Å². The van der Waals surface area contributed by atoms with Crippen molar-refractivity contribution in [2.45, 2.75) is 26.3 Å². The molecule has 0 fully saturated rings. The number of unbranched alkanes of at least 4 members (excludes halogenated alkanes) is 1. The maximum atomic E-state index is 12.1. The van der Waals surface area contributed by atoms with Gasteiger partial charge in [0.05, 0.1) is 44.8 Å². The number of fused-ring (bicyclic) bond motifs is 1. The molecule has 2 heterocycles. The van der Waals surface area contributed by atoms with E-state index in [-0.39, 0.29) is 23.0 Å². The molecule has 0 aliphatic heterocycles. The Bertz CT molecular complexity index is 1080. The van der Waals surface area contributed by atoms with E-state index >= 15 is 0 Å². The predicted octanol–water partition coefficient (Wildman–Crippen LogP) is 2.21. The highest BCUT2D eigenvalue weighted by Gasteiger charge is 2.19. The highest BCUT2D eigenvalue weighted by molar-refractivity contribution is 6.03. The number of carbonyl (C=O) groups is 2. The van der Waals surface area contributed by atoms with E-state index in [4.69, 9.17) is 19.9 Å². The molecule has 30 heavy (non-hydrogen) atoms. The van der Waals surface area contributed by atoms with Gasteiger partial charge in [-0.15, -0.1) is 0 Å². The number of benzene rings is 1. The number of carbonyl (C=O) groups excluding carboxylic acids is 2. The average Bonchev–Trinajstić information content (AvgIpc) is 3.16. The van der Waals surface area contributed by atoms with Gasteiger partial charge in [-0.2, -0.15) is 9.97 Å². The summed E-state index contributed by atoms with van der Waals surface area (Å²) in [4.78, 5) is 36.9. The van der Waals surface area contributed by atoms with E-state index in [1.807, 2.05) is 0 Å². The number of nitrogen functional groups attached to an aromatic ring is 1. The number of esters is 2. The minimum Gasteiger partial charge on any atom is -0.465 e. The Morgan fingerprint density at radius 2 is 1.83 bits per heavy atom.